The Balaban J connectivity index is 1.56. The van der Waals surface area contributed by atoms with Crippen LogP contribution in [0.2, 0.25) is 0 Å². The van der Waals surface area contributed by atoms with Crippen molar-refractivity contribution in [3.05, 3.63) is 22.9 Å². The molecule has 0 radical (unpaired) electrons. The van der Waals surface area contributed by atoms with Crippen molar-refractivity contribution in [1.29, 1.82) is 0 Å². The second-order valence-electron chi connectivity index (χ2n) is 7.11. The van der Waals surface area contributed by atoms with Crippen LogP contribution in [0.15, 0.2) is 17.3 Å². The fourth-order valence-electron chi connectivity index (χ4n) is 3.81. The fourth-order valence-corrected chi connectivity index (χ4v) is 5.51. The highest BCUT2D eigenvalue weighted by molar-refractivity contribution is 7.91. The van der Waals surface area contributed by atoms with Crippen molar-refractivity contribution in [1.82, 2.24) is 24.6 Å². The topological polar surface area (TPSA) is 116 Å². The molecular weight excluding hydrogens is 358 g/mol. The van der Waals surface area contributed by atoms with Gasteiger partial charge in [-0.25, -0.2) is 18.1 Å². The minimum Gasteiger partial charge on any atom is -0.352 e. The fraction of sp³-hybridized carbons (Fsp3) is 0.625. The van der Waals surface area contributed by atoms with E-state index in [1.54, 1.807) is 0 Å². The second kappa shape index (κ2) is 6.49. The third-order valence-electron chi connectivity index (χ3n) is 5.17. The minimum absolute atomic E-state index is 0.0122. The Bertz CT molecular complexity index is 1000. The highest BCUT2D eigenvalue weighted by Gasteiger charge is 2.31. The van der Waals surface area contributed by atoms with E-state index in [-0.39, 0.29) is 41.6 Å². The van der Waals surface area contributed by atoms with Crippen LogP contribution in [0.5, 0.6) is 0 Å². The van der Waals surface area contributed by atoms with E-state index in [9.17, 15) is 18.0 Å². The molecule has 10 heteroatoms. The number of nitrogens with one attached hydrogen (secondary N) is 1. The van der Waals surface area contributed by atoms with E-state index in [0.717, 1.165) is 25.7 Å². The van der Waals surface area contributed by atoms with Crippen LogP contribution < -0.4 is 10.9 Å². The molecule has 2 aliphatic rings. The molecule has 2 fully saturated rings. The summed E-state index contributed by atoms with van der Waals surface area (Å²) in [5.74, 6) is -0.0649. The van der Waals surface area contributed by atoms with Crippen LogP contribution in [0.25, 0.3) is 11.0 Å². The van der Waals surface area contributed by atoms with Gasteiger partial charge in [0.1, 0.15) is 18.3 Å². The number of hydrogen-bond acceptors (Lipinski definition) is 6. The van der Waals surface area contributed by atoms with Crippen molar-refractivity contribution in [3.8, 4) is 0 Å². The first-order valence-electron chi connectivity index (χ1n) is 8.85. The molecule has 9 nitrogen and oxygen atoms in total. The Morgan fingerprint density at radius 1 is 1.27 bits per heavy atom. The summed E-state index contributed by atoms with van der Waals surface area (Å²) in [6.07, 6.45) is 7.40. The van der Waals surface area contributed by atoms with E-state index < -0.39 is 9.84 Å². The van der Waals surface area contributed by atoms with Gasteiger partial charge in [-0.05, 0) is 19.3 Å². The first-order chi connectivity index (χ1) is 12.4. The average Bonchev–Trinajstić information content (AvgIpc) is 3.30. The molecule has 140 valence electrons. The molecule has 1 unspecified atom stereocenters. The predicted molar refractivity (Wildman–Crippen MR) is 94.5 cm³/mol. The molecule has 1 aliphatic carbocycles. The van der Waals surface area contributed by atoms with E-state index in [1.165, 1.54) is 21.8 Å². The highest BCUT2D eigenvalue weighted by Crippen LogP contribution is 2.25. The summed E-state index contributed by atoms with van der Waals surface area (Å²) in [5.41, 5.74) is 0.0215. The number of sulfone groups is 1. The van der Waals surface area contributed by atoms with Crippen molar-refractivity contribution < 1.29 is 13.2 Å². The summed E-state index contributed by atoms with van der Waals surface area (Å²) in [6.45, 7) is -0.0821. The standard InChI is InChI=1S/C16H21N5O4S/c22-14(19-11-3-1-2-4-11)8-20-10-17-15-13(16(20)23)7-18-21(15)12-5-6-26(24,25)9-12/h7,10-12H,1-6,8-9H2,(H,19,22). The van der Waals surface area contributed by atoms with Gasteiger partial charge in [-0.3, -0.25) is 14.2 Å². The van der Waals surface area contributed by atoms with Crippen LogP contribution in [0.1, 0.15) is 38.1 Å². The molecule has 2 aromatic heterocycles. The lowest BCUT2D eigenvalue weighted by Gasteiger charge is -2.13. The summed E-state index contributed by atoms with van der Waals surface area (Å²) < 4.78 is 26.2. The lowest BCUT2D eigenvalue weighted by atomic mass is 10.2. The summed E-state index contributed by atoms with van der Waals surface area (Å²) in [6, 6.07) is -0.104. The van der Waals surface area contributed by atoms with Crippen LogP contribution in [0, 0.1) is 0 Å². The van der Waals surface area contributed by atoms with Gasteiger partial charge >= 0.3 is 0 Å². The quantitative estimate of drug-likeness (QED) is 0.800. The van der Waals surface area contributed by atoms with E-state index in [0.29, 0.717) is 17.5 Å². The van der Waals surface area contributed by atoms with Crippen LogP contribution in [0.3, 0.4) is 0 Å². The summed E-state index contributed by atoms with van der Waals surface area (Å²) in [4.78, 5) is 29.1. The molecule has 1 amide bonds. The average molecular weight is 379 g/mol. The maximum atomic E-state index is 12.6. The van der Waals surface area contributed by atoms with E-state index in [1.807, 2.05) is 0 Å². The Labute approximate surface area is 150 Å². The molecule has 4 rings (SSSR count). The smallest absolute Gasteiger partial charge is 0.264 e. The van der Waals surface area contributed by atoms with Crippen molar-refractivity contribution >= 4 is 26.8 Å². The largest absolute Gasteiger partial charge is 0.352 e. The van der Waals surface area contributed by atoms with Gasteiger partial charge in [0, 0.05) is 6.04 Å². The second-order valence-corrected chi connectivity index (χ2v) is 9.34. The third kappa shape index (κ3) is 3.25. The molecular formula is C16H21N5O4S. The van der Waals surface area contributed by atoms with Crippen molar-refractivity contribution in [3.63, 3.8) is 0 Å². The Morgan fingerprint density at radius 2 is 2.04 bits per heavy atom. The van der Waals surface area contributed by atoms with Gasteiger partial charge < -0.3 is 5.32 Å². The molecule has 0 aromatic carbocycles. The van der Waals surface area contributed by atoms with Gasteiger partial charge in [0.2, 0.25) is 5.91 Å². The van der Waals surface area contributed by atoms with Gasteiger partial charge in [0.05, 0.1) is 23.7 Å². The van der Waals surface area contributed by atoms with Gasteiger partial charge in [0.25, 0.3) is 5.56 Å². The Kier molecular flexibility index (Phi) is 4.29. The molecule has 1 N–H and O–H groups in total. The third-order valence-corrected chi connectivity index (χ3v) is 6.92. The van der Waals surface area contributed by atoms with Crippen LogP contribution in [0.4, 0.5) is 0 Å². The van der Waals surface area contributed by atoms with Crippen LogP contribution >= 0.6 is 0 Å². The number of hydrogen-bond donors (Lipinski definition) is 1. The van der Waals surface area contributed by atoms with Crippen molar-refractivity contribution in [2.45, 2.75) is 50.7 Å². The molecule has 0 bridgehead atoms. The van der Waals surface area contributed by atoms with Crippen molar-refractivity contribution in [2.24, 2.45) is 0 Å². The van der Waals surface area contributed by atoms with Gasteiger partial charge in [-0.15, -0.1) is 0 Å². The summed E-state index contributed by atoms with van der Waals surface area (Å²) in [7, 11) is -3.06. The number of carbonyl (C=O) groups excluding carboxylic acids is 1. The van der Waals surface area contributed by atoms with Gasteiger partial charge in [-0.1, -0.05) is 12.8 Å². The SMILES string of the molecule is O=C(Cn1cnc2c(cnn2C2CCS(=O)(=O)C2)c1=O)NC1CCCC1. The van der Waals surface area contributed by atoms with Gasteiger partial charge in [0.15, 0.2) is 15.5 Å². The maximum Gasteiger partial charge on any atom is 0.264 e. The van der Waals surface area contributed by atoms with E-state index in [2.05, 4.69) is 15.4 Å². The summed E-state index contributed by atoms with van der Waals surface area (Å²) >= 11 is 0. The van der Waals surface area contributed by atoms with Crippen LogP contribution in [-0.4, -0.2) is 51.2 Å². The first kappa shape index (κ1) is 17.2. The first-order valence-corrected chi connectivity index (χ1v) is 10.7. The molecule has 26 heavy (non-hydrogen) atoms. The Morgan fingerprint density at radius 3 is 2.73 bits per heavy atom. The Hall–Kier alpha value is -2.23. The molecule has 1 saturated carbocycles. The molecule has 1 atom stereocenters. The predicted octanol–water partition coefficient (Wildman–Crippen LogP) is 0.0114. The monoisotopic (exact) mass is 379 g/mol. The zero-order valence-electron chi connectivity index (χ0n) is 14.3. The number of rotatable bonds is 4. The summed E-state index contributed by atoms with van der Waals surface area (Å²) in [5, 5.41) is 7.43. The lowest BCUT2D eigenvalue weighted by Crippen LogP contribution is -2.37. The minimum atomic E-state index is -3.06. The molecule has 0 spiro atoms. The zero-order valence-corrected chi connectivity index (χ0v) is 15.1. The van der Waals surface area contributed by atoms with E-state index >= 15 is 0 Å². The normalized spacial score (nSPS) is 22.8. The lowest BCUT2D eigenvalue weighted by molar-refractivity contribution is -0.122. The maximum absolute atomic E-state index is 12.6. The van der Waals surface area contributed by atoms with Crippen LogP contribution in [-0.2, 0) is 21.2 Å². The number of nitrogens with zero attached hydrogens (tertiary/aromatic N) is 4. The number of carbonyl (C=O) groups is 1. The molecule has 3 heterocycles. The van der Waals surface area contributed by atoms with Crippen molar-refractivity contribution in [2.75, 3.05) is 11.5 Å². The highest BCUT2D eigenvalue weighted by atomic mass is 32.2. The number of fused-ring (bicyclic) bond motifs is 1. The van der Waals surface area contributed by atoms with E-state index in [4.69, 9.17) is 0 Å². The van der Waals surface area contributed by atoms with Gasteiger partial charge in [-0.2, -0.15) is 5.10 Å². The molecule has 1 aliphatic heterocycles. The number of aromatic nitrogens is 4. The molecule has 2 aromatic rings. The number of amides is 1. The molecule has 1 saturated heterocycles. The zero-order chi connectivity index (χ0) is 18.3.